The van der Waals surface area contributed by atoms with Gasteiger partial charge in [0.05, 0.1) is 17.2 Å². The van der Waals surface area contributed by atoms with Crippen LogP contribution in [0, 0.1) is 5.92 Å². The molecular formula is C17H29Cl2N3OS. The lowest BCUT2D eigenvalue weighted by Gasteiger charge is -2.32. The van der Waals surface area contributed by atoms with Crippen LogP contribution in [0.2, 0.25) is 0 Å². The Balaban J connectivity index is 0.00000144. The van der Waals surface area contributed by atoms with Crippen LogP contribution in [0.3, 0.4) is 0 Å². The first kappa shape index (κ1) is 21.7. The highest BCUT2D eigenvalue weighted by atomic mass is 35.5. The molecule has 1 aliphatic heterocycles. The number of amides is 1. The van der Waals surface area contributed by atoms with Crippen molar-refractivity contribution >= 4 is 42.1 Å². The highest BCUT2D eigenvalue weighted by Gasteiger charge is 2.27. The lowest BCUT2D eigenvalue weighted by molar-refractivity contribution is -0.131. The topological polar surface area (TPSA) is 45.2 Å². The Hall–Kier alpha value is -0.360. The zero-order valence-electron chi connectivity index (χ0n) is 14.5. The van der Waals surface area contributed by atoms with Gasteiger partial charge in [-0.05, 0) is 44.1 Å². The van der Waals surface area contributed by atoms with Crippen LogP contribution < -0.4 is 5.32 Å². The Bertz CT molecular complexity index is 520. The summed E-state index contributed by atoms with van der Waals surface area (Å²) in [5.41, 5.74) is 1.19. The van der Waals surface area contributed by atoms with Gasteiger partial charge in [0.2, 0.25) is 5.91 Å². The average molecular weight is 394 g/mol. The van der Waals surface area contributed by atoms with Crippen molar-refractivity contribution in [2.24, 2.45) is 5.92 Å². The maximum absolute atomic E-state index is 12.3. The molecule has 3 rings (SSSR count). The number of nitrogens with zero attached hydrogens (tertiary/aromatic N) is 2. The first-order valence-corrected chi connectivity index (χ1v) is 9.45. The van der Waals surface area contributed by atoms with Gasteiger partial charge in [-0.2, -0.15) is 0 Å². The molecule has 1 aromatic rings. The largest absolute Gasteiger partial charge is 0.341 e. The summed E-state index contributed by atoms with van der Waals surface area (Å²) in [5, 5.41) is 6.71. The molecule has 1 saturated heterocycles. The van der Waals surface area contributed by atoms with Gasteiger partial charge in [0.1, 0.15) is 0 Å². The van der Waals surface area contributed by atoms with Crippen LogP contribution in [-0.2, 0) is 4.79 Å². The summed E-state index contributed by atoms with van der Waals surface area (Å²) in [6.45, 7) is 7.62. The summed E-state index contributed by atoms with van der Waals surface area (Å²) in [6, 6.07) is 0. The molecule has 1 aliphatic carbocycles. The minimum Gasteiger partial charge on any atom is -0.341 e. The third-order valence-electron chi connectivity index (χ3n) is 4.66. The molecule has 4 nitrogen and oxygen atoms in total. The normalized spacial score (nSPS) is 20.5. The van der Waals surface area contributed by atoms with E-state index in [0.717, 1.165) is 38.4 Å². The molecule has 24 heavy (non-hydrogen) atoms. The zero-order chi connectivity index (χ0) is 15.5. The predicted octanol–water partition coefficient (Wildman–Crippen LogP) is 3.82. The van der Waals surface area contributed by atoms with E-state index in [2.05, 4.69) is 24.5 Å². The fourth-order valence-corrected chi connectivity index (χ4v) is 4.08. The molecule has 2 heterocycles. The fraction of sp³-hybridized carbons (Fsp3) is 0.765. The number of likely N-dealkylation sites (tertiary alicyclic amines) is 1. The van der Waals surface area contributed by atoms with Crippen molar-refractivity contribution in [1.82, 2.24) is 15.2 Å². The maximum Gasteiger partial charge on any atom is 0.236 e. The van der Waals surface area contributed by atoms with Crippen LogP contribution in [0.4, 0.5) is 0 Å². The molecule has 1 aromatic heterocycles. The van der Waals surface area contributed by atoms with E-state index in [9.17, 15) is 4.79 Å². The molecule has 1 amide bonds. The molecule has 1 atom stereocenters. The zero-order valence-corrected chi connectivity index (χ0v) is 16.9. The Morgan fingerprint density at radius 2 is 2.12 bits per heavy atom. The third kappa shape index (κ3) is 5.87. The molecule has 7 heteroatoms. The number of hydrogen-bond acceptors (Lipinski definition) is 4. The number of carbonyl (C=O) groups excluding carboxylic acids is 1. The summed E-state index contributed by atoms with van der Waals surface area (Å²) in [7, 11) is 0. The van der Waals surface area contributed by atoms with Gasteiger partial charge in [-0.1, -0.05) is 13.8 Å². The number of aromatic nitrogens is 1. The fourth-order valence-electron chi connectivity index (χ4n) is 2.98. The van der Waals surface area contributed by atoms with E-state index < -0.39 is 0 Å². The van der Waals surface area contributed by atoms with E-state index in [1.54, 1.807) is 11.3 Å². The van der Waals surface area contributed by atoms with Crippen molar-refractivity contribution in [2.45, 2.75) is 51.4 Å². The predicted molar refractivity (Wildman–Crippen MR) is 105 cm³/mol. The van der Waals surface area contributed by atoms with E-state index in [0.29, 0.717) is 18.4 Å². The van der Waals surface area contributed by atoms with Gasteiger partial charge >= 0.3 is 0 Å². The van der Waals surface area contributed by atoms with Gasteiger partial charge in [0.15, 0.2) is 0 Å². The molecule has 0 spiro atoms. The van der Waals surface area contributed by atoms with Gasteiger partial charge in [-0.25, -0.2) is 4.98 Å². The molecule has 0 bridgehead atoms. The van der Waals surface area contributed by atoms with Crippen molar-refractivity contribution < 1.29 is 4.79 Å². The molecule has 1 saturated carbocycles. The Morgan fingerprint density at radius 3 is 2.75 bits per heavy atom. The highest BCUT2D eigenvalue weighted by Crippen LogP contribution is 2.31. The Labute approximate surface area is 161 Å². The van der Waals surface area contributed by atoms with E-state index in [4.69, 9.17) is 4.98 Å². The first-order chi connectivity index (χ1) is 10.6. The Kier molecular flexibility index (Phi) is 8.99. The van der Waals surface area contributed by atoms with Gasteiger partial charge in [-0.3, -0.25) is 4.79 Å². The number of rotatable bonds is 6. The maximum atomic E-state index is 12.3. The van der Waals surface area contributed by atoms with E-state index >= 15 is 0 Å². The average Bonchev–Trinajstić information content (AvgIpc) is 3.20. The standard InChI is InChI=1S/C17H27N3OS.2ClH/c1-12(2)15-11-22-17(19-15)14-4-3-7-20(10-14)16(21)9-18-8-13-5-6-13;;/h11-14,18H,3-10H2,1-2H3;2*1H. The van der Waals surface area contributed by atoms with Crippen molar-refractivity contribution in [3.63, 3.8) is 0 Å². The lowest BCUT2D eigenvalue weighted by Crippen LogP contribution is -2.43. The van der Waals surface area contributed by atoms with Crippen LogP contribution >= 0.6 is 36.2 Å². The summed E-state index contributed by atoms with van der Waals surface area (Å²) in [6.07, 6.45) is 4.91. The highest BCUT2D eigenvalue weighted by molar-refractivity contribution is 7.09. The van der Waals surface area contributed by atoms with Gasteiger partial charge < -0.3 is 10.2 Å². The van der Waals surface area contributed by atoms with Gasteiger partial charge in [-0.15, -0.1) is 36.2 Å². The quantitative estimate of drug-likeness (QED) is 0.798. The summed E-state index contributed by atoms with van der Waals surface area (Å²) in [4.78, 5) is 19.2. The van der Waals surface area contributed by atoms with E-state index in [1.165, 1.54) is 23.5 Å². The number of halogens is 2. The van der Waals surface area contributed by atoms with Crippen molar-refractivity contribution in [2.75, 3.05) is 26.2 Å². The van der Waals surface area contributed by atoms with Crippen LogP contribution in [0.5, 0.6) is 0 Å². The number of hydrogen-bond donors (Lipinski definition) is 1. The van der Waals surface area contributed by atoms with Crippen LogP contribution in [-0.4, -0.2) is 42.0 Å². The number of nitrogens with one attached hydrogen (secondary N) is 1. The summed E-state index contributed by atoms with van der Waals surface area (Å²) < 4.78 is 0. The second kappa shape index (κ2) is 9.95. The third-order valence-corrected chi connectivity index (χ3v) is 5.69. The SMILES string of the molecule is CC(C)c1csc(C2CCCN(C(=O)CNCC3CC3)C2)n1.Cl.Cl. The smallest absolute Gasteiger partial charge is 0.236 e. The molecule has 0 radical (unpaired) electrons. The van der Waals surface area contributed by atoms with Crippen LogP contribution in [0.25, 0.3) is 0 Å². The van der Waals surface area contributed by atoms with Crippen molar-refractivity contribution in [3.05, 3.63) is 16.1 Å². The molecule has 1 N–H and O–H groups in total. The van der Waals surface area contributed by atoms with Gasteiger partial charge in [0, 0.05) is 24.4 Å². The van der Waals surface area contributed by atoms with Crippen molar-refractivity contribution in [1.29, 1.82) is 0 Å². The molecule has 2 aliphatic rings. The Morgan fingerprint density at radius 1 is 1.38 bits per heavy atom. The summed E-state index contributed by atoms with van der Waals surface area (Å²) >= 11 is 1.76. The minimum atomic E-state index is 0. The second-order valence-corrected chi connectivity index (χ2v) is 7.91. The summed E-state index contributed by atoms with van der Waals surface area (Å²) in [5.74, 6) is 1.99. The number of piperidine rings is 1. The minimum absolute atomic E-state index is 0. The molecular weight excluding hydrogens is 365 g/mol. The van der Waals surface area contributed by atoms with Crippen molar-refractivity contribution in [3.8, 4) is 0 Å². The first-order valence-electron chi connectivity index (χ1n) is 8.57. The number of thiazole rings is 1. The molecule has 0 aromatic carbocycles. The van der Waals surface area contributed by atoms with Crippen LogP contribution in [0.15, 0.2) is 5.38 Å². The monoisotopic (exact) mass is 393 g/mol. The molecule has 1 unspecified atom stereocenters. The van der Waals surface area contributed by atoms with E-state index in [-0.39, 0.29) is 30.7 Å². The van der Waals surface area contributed by atoms with Crippen LogP contribution in [0.1, 0.15) is 62.1 Å². The lowest BCUT2D eigenvalue weighted by atomic mass is 9.98. The van der Waals surface area contributed by atoms with Gasteiger partial charge in [0.25, 0.3) is 0 Å². The molecule has 138 valence electrons. The van der Waals surface area contributed by atoms with E-state index in [1.807, 2.05) is 4.90 Å². The second-order valence-electron chi connectivity index (χ2n) is 7.02. The number of carbonyl (C=O) groups is 1. The molecule has 2 fully saturated rings.